The first-order valence-electron chi connectivity index (χ1n) is 9.85. The molecule has 0 fully saturated rings. The summed E-state index contributed by atoms with van der Waals surface area (Å²) in [6.45, 7) is 3.47. The molecule has 0 N–H and O–H groups in total. The Morgan fingerprint density at radius 3 is 1.94 bits per heavy atom. The van der Waals surface area contributed by atoms with Crippen LogP contribution in [0.15, 0.2) is 16.6 Å². The van der Waals surface area contributed by atoms with E-state index in [1.807, 2.05) is 43.3 Å². The van der Waals surface area contributed by atoms with Gasteiger partial charge in [-0.2, -0.15) is 31.6 Å². The fourth-order valence-electron chi connectivity index (χ4n) is 4.02. The quantitative estimate of drug-likeness (QED) is 0.472. The number of aliphatic imine (C=N–C) groups is 1. The lowest BCUT2D eigenvalue weighted by Crippen LogP contribution is -2.09. The number of aryl methyl sites for hydroxylation is 1. The number of nitriles is 6. The number of aromatic nitrogens is 3. The van der Waals surface area contributed by atoms with Crippen molar-refractivity contribution in [1.82, 2.24) is 15.0 Å². The molecule has 0 saturated carbocycles. The normalized spacial score (nSPS) is 14.5. The van der Waals surface area contributed by atoms with Crippen molar-refractivity contribution < 1.29 is 0 Å². The van der Waals surface area contributed by atoms with Gasteiger partial charge in [0.15, 0.2) is 22.8 Å². The van der Waals surface area contributed by atoms with E-state index in [9.17, 15) is 31.6 Å². The minimum Gasteiger partial charge on any atom is -0.234 e. The summed E-state index contributed by atoms with van der Waals surface area (Å²) in [6.07, 6.45) is 1.95. The summed E-state index contributed by atoms with van der Waals surface area (Å²) in [4.78, 5) is 17.7. The maximum Gasteiger partial charge on any atom is 0.177 e. The van der Waals surface area contributed by atoms with E-state index < -0.39 is 0 Å². The average molecular weight is 438 g/mol. The first-order chi connectivity index (χ1) is 16.4. The molecule has 0 saturated heterocycles. The molecule has 2 aromatic heterocycles. The Labute approximate surface area is 193 Å². The number of rotatable bonds is 0. The highest BCUT2D eigenvalue weighted by Crippen LogP contribution is 2.44. The van der Waals surface area contributed by atoms with E-state index in [4.69, 9.17) is 0 Å². The molecule has 1 aromatic carbocycles. The van der Waals surface area contributed by atoms with Gasteiger partial charge in [0.05, 0.1) is 22.3 Å². The van der Waals surface area contributed by atoms with E-state index in [0.717, 1.165) is 0 Å². The lowest BCUT2D eigenvalue weighted by molar-refractivity contribution is 0.783. The second kappa shape index (κ2) is 8.11. The van der Waals surface area contributed by atoms with Crippen LogP contribution in [0.5, 0.6) is 0 Å². The molecule has 10 nitrogen and oxygen atoms in total. The number of pyridine rings is 1. The summed E-state index contributed by atoms with van der Waals surface area (Å²) in [5.41, 5.74) is 1.29. The van der Waals surface area contributed by atoms with Gasteiger partial charge < -0.3 is 0 Å². The summed E-state index contributed by atoms with van der Waals surface area (Å²) in [6, 6.07) is 11.6. The molecule has 0 amide bonds. The zero-order valence-electron chi connectivity index (χ0n) is 17.8. The standard InChI is InChI=1S/C24H10N10/c1-11-3-4-13(5-25)15(7-27)31-21-19(11)22-24(34-18(10-30)17(9-29)33-22)20-12(2)14(6-26)16(8-28)32-23(20)21/h4,11H,3H2,1-2H3/t11-/m1/s1. The van der Waals surface area contributed by atoms with Crippen LogP contribution in [-0.4, -0.2) is 20.7 Å². The van der Waals surface area contributed by atoms with Gasteiger partial charge in [0.2, 0.25) is 0 Å². The van der Waals surface area contributed by atoms with Gasteiger partial charge in [-0.1, -0.05) is 13.0 Å². The van der Waals surface area contributed by atoms with E-state index in [2.05, 4.69) is 19.9 Å². The summed E-state index contributed by atoms with van der Waals surface area (Å²) < 4.78 is 0. The maximum atomic E-state index is 9.68. The number of allylic oxidation sites excluding steroid dienone is 2. The van der Waals surface area contributed by atoms with Crippen LogP contribution in [0.3, 0.4) is 0 Å². The van der Waals surface area contributed by atoms with Gasteiger partial charge in [0, 0.05) is 10.9 Å². The summed E-state index contributed by atoms with van der Waals surface area (Å²) in [7, 11) is 0. The van der Waals surface area contributed by atoms with Gasteiger partial charge >= 0.3 is 0 Å². The van der Waals surface area contributed by atoms with Gasteiger partial charge in [-0.05, 0) is 24.8 Å². The zero-order chi connectivity index (χ0) is 24.6. The van der Waals surface area contributed by atoms with Crippen LogP contribution in [0.2, 0.25) is 0 Å². The Bertz CT molecular complexity index is 1770. The van der Waals surface area contributed by atoms with Crippen LogP contribution in [0.25, 0.3) is 21.9 Å². The van der Waals surface area contributed by atoms with Crippen molar-refractivity contribution in [3.8, 4) is 36.4 Å². The summed E-state index contributed by atoms with van der Waals surface area (Å²) >= 11 is 0. The highest BCUT2D eigenvalue weighted by molar-refractivity contribution is 6.18. The molecule has 1 atom stereocenters. The molecule has 1 aliphatic rings. The van der Waals surface area contributed by atoms with Crippen molar-refractivity contribution in [1.29, 1.82) is 31.6 Å². The molecule has 0 radical (unpaired) electrons. The Morgan fingerprint density at radius 1 is 0.765 bits per heavy atom. The van der Waals surface area contributed by atoms with Crippen LogP contribution >= 0.6 is 0 Å². The van der Waals surface area contributed by atoms with Gasteiger partial charge in [-0.15, -0.1) is 0 Å². The smallest absolute Gasteiger partial charge is 0.177 e. The Balaban J connectivity index is 2.41. The van der Waals surface area contributed by atoms with Crippen molar-refractivity contribution >= 4 is 33.3 Å². The molecule has 1 aliphatic heterocycles. The monoisotopic (exact) mass is 438 g/mol. The minimum atomic E-state index is -0.300. The second-order valence-electron chi connectivity index (χ2n) is 7.45. The second-order valence-corrected chi connectivity index (χ2v) is 7.45. The van der Waals surface area contributed by atoms with Gasteiger partial charge in [-0.25, -0.2) is 19.9 Å². The van der Waals surface area contributed by atoms with E-state index in [1.165, 1.54) is 0 Å². The third-order valence-corrected chi connectivity index (χ3v) is 5.62. The van der Waals surface area contributed by atoms with Crippen LogP contribution in [-0.2, 0) is 0 Å². The van der Waals surface area contributed by atoms with Crippen molar-refractivity contribution in [2.45, 2.75) is 26.2 Å². The lowest BCUT2D eigenvalue weighted by atomic mass is 9.88. The molecule has 0 bridgehead atoms. The molecule has 0 unspecified atom stereocenters. The van der Waals surface area contributed by atoms with Crippen molar-refractivity contribution in [3.05, 3.63) is 45.4 Å². The number of hydrogen-bond acceptors (Lipinski definition) is 10. The highest BCUT2D eigenvalue weighted by Gasteiger charge is 2.28. The van der Waals surface area contributed by atoms with Crippen molar-refractivity contribution in [2.75, 3.05) is 0 Å². The van der Waals surface area contributed by atoms with E-state index in [1.54, 1.807) is 13.0 Å². The predicted octanol–water partition coefficient (Wildman–Crippen LogP) is 3.53. The first kappa shape index (κ1) is 21.5. The molecule has 0 aliphatic carbocycles. The molecule has 4 rings (SSSR count). The Morgan fingerprint density at radius 2 is 1.38 bits per heavy atom. The number of fused-ring (bicyclic) bond motifs is 6. The van der Waals surface area contributed by atoms with E-state index in [-0.39, 0.29) is 62.1 Å². The lowest BCUT2D eigenvalue weighted by Gasteiger charge is -2.21. The molecule has 34 heavy (non-hydrogen) atoms. The Kier molecular flexibility index (Phi) is 5.14. The van der Waals surface area contributed by atoms with E-state index >= 15 is 0 Å². The number of nitrogens with zero attached hydrogens (tertiary/aromatic N) is 10. The molecule has 0 spiro atoms. The van der Waals surface area contributed by atoms with E-state index in [0.29, 0.717) is 22.9 Å². The highest BCUT2D eigenvalue weighted by atomic mass is 14.9. The third-order valence-electron chi connectivity index (χ3n) is 5.62. The number of benzene rings is 1. The number of hydrogen-bond donors (Lipinski definition) is 0. The predicted molar refractivity (Wildman–Crippen MR) is 118 cm³/mol. The molecular formula is C24H10N10. The Hall–Kier alpha value is -5.68. The fourth-order valence-corrected chi connectivity index (χ4v) is 4.02. The zero-order valence-corrected chi connectivity index (χ0v) is 17.8. The van der Waals surface area contributed by atoms with Crippen molar-refractivity contribution in [3.63, 3.8) is 0 Å². The van der Waals surface area contributed by atoms with Crippen LogP contribution in [0, 0.1) is 74.9 Å². The molecular weight excluding hydrogens is 428 g/mol. The van der Waals surface area contributed by atoms with Crippen LogP contribution < -0.4 is 0 Å². The van der Waals surface area contributed by atoms with Gasteiger partial charge in [-0.3, -0.25) is 0 Å². The minimum absolute atomic E-state index is 0.0295. The van der Waals surface area contributed by atoms with Crippen LogP contribution in [0.4, 0.5) is 5.69 Å². The molecule has 156 valence electrons. The molecule has 3 aromatic rings. The topological polar surface area (TPSA) is 194 Å². The molecule has 10 heteroatoms. The SMILES string of the molecule is Cc1c(C#N)c(C#N)nc2c3c(c4nc(C#N)c(C#N)nc4c12)[C@H](C)CC=C(C#N)C(C#N)=N3. The maximum absolute atomic E-state index is 9.68. The van der Waals surface area contributed by atoms with Crippen molar-refractivity contribution in [2.24, 2.45) is 4.99 Å². The summed E-state index contributed by atoms with van der Waals surface area (Å²) in [5.74, 6) is -0.300. The van der Waals surface area contributed by atoms with Crippen LogP contribution in [0.1, 0.15) is 53.0 Å². The first-order valence-corrected chi connectivity index (χ1v) is 9.85. The largest absolute Gasteiger partial charge is 0.234 e. The average Bonchev–Trinajstić information content (AvgIpc) is 2.85. The van der Waals surface area contributed by atoms with Gasteiger partial charge in [0.1, 0.15) is 47.4 Å². The van der Waals surface area contributed by atoms with Gasteiger partial charge in [0.25, 0.3) is 0 Å². The third kappa shape index (κ3) is 2.97. The summed E-state index contributed by atoms with van der Waals surface area (Å²) in [5, 5.41) is 57.9. The fraction of sp³-hybridized carbons (Fsp3) is 0.167. The molecule has 3 heterocycles.